The first-order valence-corrected chi connectivity index (χ1v) is 7.16. The zero-order chi connectivity index (χ0) is 13.5. The Morgan fingerprint density at radius 1 is 1.05 bits per heavy atom. The highest BCUT2D eigenvalue weighted by atomic mass is 79.9. The predicted octanol–water partition coefficient (Wildman–Crippen LogP) is 3.79. The number of halogens is 1. The number of ether oxygens (including phenoxy) is 1. The molecular weight excluding hydrogens is 302 g/mol. The van der Waals surface area contributed by atoms with Crippen molar-refractivity contribution in [2.75, 3.05) is 13.7 Å². The summed E-state index contributed by atoms with van der Waals surface area (Å²) in [5.74, 6) is 0.889. The smallest absolute Gasteiger partial charge is 0.133 e. The van der Waals surface area contributed by atoms with Crippen molar-refractivity contribution in [3.05, 3.63) is 64.1 Å². The number of hydrogen-bond acceptors (Lipinski definition) is 2. The third kappa shape index (κ3) is 4.37. The average Bonchev–Trinajstić information content (AvgIpc) is 2.46. The van der Waals surface area contributed by atoms with E-state index in [1.807, 2.05) is 12.1 Å². The minimum atomic E-state index is 0.889. The Morgan fingerprint density at radius 3 is 2.58 bits per heavy atom. The molecule has 0 radical (unpaired) electrons. The van der Waals surface area contributed by atoms with Crippen LogP contribution >= 0.6 is 15.9 Å². The third-order valence-electron chi connectivity index (χ3n) is 2.98. The number of rotatable bonds is 6. The first-order valence-electron chi connectivity index (χ1n) is 6.36. The second-order valence-electron chi connectivity index (χ2n) is 4.38. The molecule has 19 heavy (non-hydrogen) atoms. The normalized spacial score (nSPS) is 10.4. The largest absolute Gasteiger partial charge is 0.496 e. The Morgan fingerprint density at radius 2 is 1.84 bits per heavy atom. The van der Waals surface area contributed by atoms with Gasteiger partial charge < -0.3 is 10.1 Å². The predicted molar refractivity (Wildman–Crippen MR) is 82.5 cm³/mol. The monoisotopic (exact) mass is 319 g/mol. The van der Waals surface area contributed by atoms with Gasteiger partial charge in [0.15, 0.2) is 0 Å². The molecule has 0 spiro atoms. The average molecular weight is 320 g/mol. The maximum absolute atomic E-state index is 5.29. The molecule has 0 fully saturated rings. The molecule has 0 heterocycles. The van der Waals surface area contributed by atoms with E-state index in [0.29, 0.717) is 0 Å². The molecule has 0 bridgehead atoms. The van der Waals surface area contributed by atoms with E-state index >= 15 is 0 Å². The molecule has 2 nitrogen and oxygen atoms in total. The lowest BCUT2D eigenvalue weighted by Crippen LogP contribution is -2.16. The van der Waals surface area contributed by atoms with Crippen LogP contribution in [0.25, 0.3) is 0 Å². The fraction of sp³-hybridized carbons (Fsp3) is 0.250. The van der Waals surface area contributed by atoms with E-state index in [1.54, 1.807) is 7.11 Å². The van der Waals surface area contributed by atoms with Crippen LogP contribution in [0.2, 0.25) is 0 Å². The fourth-order valence-corrected chi connectivity index (χ4v) is 2.33. The van der Waals surface area contributed by atoms with Crippen LogP contribution in [-0.2, 0) is 13.0 Å². The molecule has 0 saturated carbocycles. The first-order chi connectivity index (χ1) is 9.29. The van der Waals surface area contributed by atoms with Crippen LogP contribution in [0.4, 0.5) is 0 Å². The summed E-state index contributed by atoms with van der Waals surface area (Å²) in [6.07, 6.45) is 0.997. The van der Waals surface area contributed by atoms with E-state index in [2.05, 4.69) is 57.6 Å². The Hall–Kier alpha value is -1.32. The second-order valence-corrected chi connectivity index (χ2v) is 5.24. The minimum absolute atomic E-state index is 0.889. The van der Waals surface area contributed by atoms with Gasteiger partial charge in [0.1, 0.15) is 5.75 Å². The molecule has 0 unspecified atom stereocenters. The molecule has 0 saturated heterocycles. The number of methoxy groups -OCH3 is 1. The highest BCUT2D eigenvalue weighted by molar-refractivity contribution is 9.10. The van der Waals surface area contributed by atoms with E-state index in [9.17, 15) is 0 Å². The van der Waals surface area contributed by atoms with Crippen LogP contribution in [0, 0.1) is 0 Å². The third-order valence-corrected chi connectivity index (χ3v) is 3.63. The van der Waals surface area contributed by atoms with Gasteiger partial charge in [-0.15, -0.1) is 0 Å². The van der Waals surface area contributed by atoms with Gasteiger partial charge in [0.2, 0.25) is 0 Å². The minimum Gasteiger partial charge on any atom is -0.496 e. The molecule has 0 aromatic heterocycles. The van der Waals surface area contributed by atoms with Gasteiger partial charge in [0, 0.05) is 6.54 Å². The molecule has 2 rings (SSSR count). The summed E-state index contributed by atoms with van der Waals surface area (Å²) < 4.78 is 6.29. The molecule has 0 aliphatic rings. The zero-order valence-electron chi connectivity index (χ0n) is 11.0. The molecule has 0 aliphatic carbocycles. The number of benzene rings is 2. The summed E-state index contributed by atoms with van der Waals surface area (Å²) in [6, 6.07) is 16.7. The maximum Gasteiger partial charge on any atom is 0.133 e. The van der Waals surface area contributed by atoms with E-state index < -0.39 is 0 Å². The summed E-state index contributed by atoms with van der Waals surface area (Å²) in [4.78, 5) is 0. The Kier molecular flexibility index (Phi) is 5.43. The molecule has 1 N–H and O–H groups in total. The lowest BCUT2D eigenvalue weighted by molar-refractivity contribution is 0.411. The van der Waals surface area contributed by atoms with Crippen molar-refractivity contribution in [2.45, 2.75) is 13.0 Å². The maximum atomic E-state index is 5.29. The van der Waals surface area contributed by atoms with Gasteiger partial charge in [-0.2, -0.15) is 0 Å². The Balaban J connectivity index is 1.80. The SMILES string of the molecule is COc1cc(CCNCc2ccccc2)ccc1Br. The summed E-state index contributed by atoms with van der Waals surface area (Å²) in [5, 5.41) is 3.45. The van der Waals surface area contributed by atoms with Gasteiger partial charge in [0.25, 0.3) is 0 Å². The van der Waals surface area contributed by atoms with Gasteiger partial charge in [-0.3, -0.25) is 0 Å². The lowest BCUT2D eigenvalue weighted by atomic mass is 10.1. The van der Waals surface area contributed by atoms with Crippen molar-refractivity contribution < 1.29 is 4.74 Å². The van der Waals surface area contributed by atoms with Gasteiger partial charge in [-0.05, 0) is 52.2 Å². The molecular formula is C16H18BrNO. The van der Waals surface area contributed by atoms with Crippen molar-refractivity contribution in [3.8, 4) is 5.75 Å². The topological polar surface area (TPSA) is 21.3 Å². The van der Waals surface area contributed by atoms with Crippen molar-refractivity contribution >= 4 is 15.9 Å². The standard InChI is InChI=1S/C16H18BrNO/c1-19-16-11-13(7-8-15(16)17)9-10-18-12-14-5-3-2-4-6-14/h2-8,11,18H,9-10,12H2,1H3. The zero-order valence-corrected chi connectivity index (χ0v) is 12.6. The van der Waals surface area contributed by atoms with E-state index in [0.717, 1.165) is 29.7 Å². The van der Waals surface area contributed by atoms with Crippen LogP contribution in [-0.4, -0.2) is 13.7 Å². The highest BCUT2D eigenvalue weighted by Gasteiger charge is 2.01. The molecule has 0 atom stereocenters. The fourth-order valence-electron chi connectivity index (χ4n) is 1.92. The van der Waals surface area contributed by atoms with Crippen LogP contribution < -0.4 is 10.1 Å². The highest BCUT2D eigenvalue weighted by Crippen LogP contribution is 2.25. The summed E-state index contributed by atoms with van der Waals surface area (Å²) in [5.41, 5.74) is 2.59. The Bertz CT molecular complexity index is 513. The quantitative estimate of drug-likeness (QED) is 0.818. The van der Waals surface area contributed by atoms with Gasteiger partial charge >= 0.3 is 0 Å². The molecule has 0 aliphatic heterocycles. The lowest BCUT2D eigenvalue weighted by Gasteiger charge is -2.08. The van der Waals surface area contributed by atoms with Crippen molar-refractivity contribution in [1.29, 1.82) is 0 Å². The summed E-state index contributed by atoms with van der Waals surface area (Å²) in [6.45, 7) is 1.87. The molecule has 3 heteroatoms. The second kappa shape index (κ2) is 7.31. The number of nitrogens with one attached hydrogen (secondary N) is 1. The first kappa shape index (κ1) is 14.1. The van der Waals surface area contributed by atoms with Gasteiger partial charge in [-0.1, -0.05) is 36.4 Å². The van der Waals surface area contributed by atoms with Crippen molar-refractivity contribution in [2.24, 2.45) is 0 Å². The van der Waals surface area contributed by atoms with Crippen molar-refractivity contribution in [3.63, 3.8) is 0 Å². The van der Waals surface area contributed by atoms with Crippen molar-refractivity contribution in [1.82, 2.24) is 5.32 Å². The number of hydrogen-bond donors (Lipinski definition) is 1. The molecule has 0 amide bonds. The van der Waals surface area contributed by atoms with Crippen LogP contribution in [0.15, 0.2) is 53.0 Å². The van der Waals surface area contributed by atoms with Gasteiger partial charge in [0.05, 0.1) is 11.6 Å². The molecule has 2 aromatic rings. The van der Waals surface area contributed by atoms with Crippen LogP contribution in [0.1, 0.15) is 11.1 Å². The Labute approximate surface area is 122 Å². The van der Waals surface area contributed by atoms with Crippen LogP contribution in [0.5, 0.6) is 5.75 Å². The summed E-state index contributed by atoms with van der Waals surface area (Å²) >= 11 is 3.46. The van der Waals surface area contributed by atoms with E-state index in [-0.39, 0.29) is 0 Å². The molecule has 2 aromatic carbocycles. The summed E-state index contributed by atoms with van der Waals surface area (Å²) in [7, 11) is 1.69. The van der Waals surface area contributed by atoms with Gasteiger partial charge in [-0.25, -0.2) is 0 Å². The molecule has 100 valence electrons. The van der Waals surface area contributed by atoms with Crippen LogP contribution in [0.3, 0.4) is 0 Å². The van der Waals surface area contributed by atoms with E-state index in [4.69, 9.17) is 4.74 Å². The van der Waals surface area contributed by atoms with E-state index in [1.165, 1.54) is 11.1 Å².